The van der Waals surface area contributed by atoms with Gasteiger partial charge in [-0.1, -0.05) is 89.1 Å². The van der Waals surface area contributed by atoms with Crippen LogP contribution in [0.15, 0.2) is 84.8 Å². The highest BCUT2D eigenvalue weighted by atomic mass is 32.2. The molecule has 1 unspecified atom stereocenters. The molecule has 0 aromatic heterocycles. The second-order valence-corrected chi connectivity index (χ2v) is 14.2. The second-order valence-electron chi connectivity index (χ2n) is 12.6. The smallest absolute Gasteiger partial charge is 0.264 e. The van der Waals surface area contributed by atoms with Crippen molar-refractivity contribution in [2.24, 2.45) is 5.92 Å². The highest BCUT2D eigenvalue weighted by Gasteiger charge is 2.23. The van der Waals surface area contributed by atoms with Crippen molar-refractivity contribution in [1.82, 2.24) is 5.32 Å². The zero-order chi connectivity index (χ0) is 32.2. The summed E-state index contributed by atoms with van der Waals surface area (Å²) in [6.07, 6.45) is 12.4. The normalized spacial score (nSPS) is 15.6. The molecule has 7 nitrogen and oxygen atoms in total. The predicted octanol–water partition coefficient (Wildman–Crippen LogP) is 7.65. The van der Waals surface area contributed by atoms with E-state index < -0.39 is 16.0 Å². The molecule has 1 amide bonds. The molecule has 1 aliphatic rings. The molecule has 2 N–H and O–H groups in total. The van der Waals surface area contributed by atoms with Gasteiger partial charge in [0, 0.05) is 5.70 Å². The molecule has 0 bridgehead atoms. The fourth-order valence-electron chi connectivity index (χ4n) is 5.22. The van der Waals surface area contributed by atoms with Gasteiger partial charge in [-0.05, 0) is 84.9 Å². The van der Waals surface area contributed by atoms with E-state index in [9.17, 15) is 13.2 Å². The van der Waals surface area contributed by atoms with Gasteiger partial charge in [0.1, 0.15) is 11.5 Å². The molecule has 2 aromatic carbocycles. The van der Waals surface area contributed by atoms with Gasteiger partial charge in [0.2, 0.25) is 5.91 Å². The van der Waals surface area contributed by atoms with E-state index in [0.29, 0.717) is 36.2 Å². The van der Waals surface area contributed by atoms with Gasteiger partial charge in [-0.2, -0.15) is 8.42 Å². The number of amides is 1. The van der Waals surface area contributed by atoms with Gasteiger partial charge in [0.15, 0.2) is 0 Å². The van der Waals surface area contributed by atoms with Crippen LogP contribution in [0.2, 0.25) is 0 Å². The van der Waals surface area contributed by atoms with E-state index >= 15 is 0 Å². The first kappa shape index (κ1) is 35.1. The third kappa shape index (κ3) is 12.3. The minimum absolute atomic E-state index is 0.00214. The maximum atomic E-state index is 13.8. The summed E-state index contributed by atoms with van der Waals surface area (Å²) in [7, 11) is -4.01. The Bertz CT molecular complexity index is 1380. The number of nitrogens with one attached hydrogen (secondary N) is 1. The van der Waals surface area contributed by atoms with Crippen LogP contribution in [0.4, 0.5) is 0 Å². The summed E-state index contributed by atoms with van der Waals surface area (Å²) in [6, 6.07) is 15.7. The lowest BCUT2D eigenvalue weighted by molar-refractivity contribution is -0.121. The fourth-order valence-corrected chi connectivity index (χ4v) is 5.70. The average molecular weight is 624 g/mol. The monoisotopic (exact) mass is 623 g/mol. The topological polar surface area (TPSA) is 102 Å². The van der Waals surface area contributed by atoms with Crippen molar-refractivity contribution >= 4 is 16.0 Å². The lowest BCUT2D eigenvalue weighted by Gasteiger charge is -2.22. The van der Waals surface area contributed by atoms with Gasteiger partial charge in [0.25, 0.3) is 10.1 Å². The SMILES string of the molecule is C=C(/C=C\C(=C/C)NC(=O)C(Cc1ccc(OCCCS(=O)(=O)O)cc1)c1ccc(C(C)(C)C)cc1)OCC1CCCCC1. The number of carbonyl (C=O) groups excluding carboxylic acids is 1. The Morgan fingerprint density at radius 2 is 1.70 bits per heavy atom. The lowest BCUT2D eigenvalue weighted by Crippen LogP contribution is -2.29. The maximum Gasteiger partial charge on any atom is 0.264 e. The Balaban J connectivity index is 1.69. The van der Waals surface area contributed by atoms with Crippen LogP contribution in [0, 0.1) is 5.92 Å². The van der Waals surface area contributed by atoms with Gasteiger partial charge in [-0.25, -0.2) is 0 Å². The standard InChI is InChI=1S/C36H49NO6S/c1-6-32(20-13-27(2)43-26-29-11-8-7-9-12-29)37-35(38)34(30-16-18-31(19-17-30)36(3,4)5)25-28-14-21-33(22-15-28)42-23-10-24-44(39,40)41/h6,13-22,29,34H,2,7-12,23-26H2,1,3-5H3,(H,37,38)(H,39,40,41)/b20-13-,32-6+. The van der Waals surface area contributed by atoms with E-state index in [0.717, 1.165) is 11.1 Å². The molecule has 0 aliphatic heterocycles. The predicted molar refractivity (Wildman–Crippen MR) is 177 cm³/mol. The summed E-state index contributed by atoms with van der Waals surface area (Å²) in [5.74, 6) is 0.850. The Morgan fingerprint density at radius 3 is 2.30 bits per heavy atom. The van der Waals surface area contributed by atoms with Crippen molar-refractivity contribution < 1.29 is 27.2 Å². The molecule has 1 aliphatic carbocycles. The zero-order valence-electron chi connectivity index (χ0n) is 26.7. The molecule has 1 fully saturated rings. The number of carbonyl (C=O) groups is 1. The van der Waals surface area contributed by atoms with E-state index in [1.165, 1.54) is 37.7 Å². The number of hydrogen-bond donors (Lipinski definition) is 2. The van der Waals surface area contributed by atoms with Crippen LogP contribution < -0.4 is 10.1 Å². The highest BCUT2D eigenvalue weighted by Crippen LogP contribution is 2.28. The Morgan fingerprint density at radius 1 is 1.05 bits per heavy atom. The first-order chi connectivity index (χ1) is 20.8. The van der Waals surface area contributed by atoms with E-state index in [-0.39, 0.29) is 30.1 Å². The average Bonchev–Trinajstić information content (AvgIpc) is 2.99. The largest absolute Gasteiger partial charge is 0.494 e. The quantitative estimate of drug-likeness (QED) is 0.0915. The van der Waals surface area contributed by atoms with Crippen LogP contribution in [-0.2, 0) is 31.5 Å². The molecule has 8 heteroatoms. The van der Waals surface area contributed by atoms with Crippen LogP contribution in [-0.4, -0.2) is 37.8 Å². The Kier molecular flexibility index (Phi) is 13.3. The summed E-state index contributed by atoms with van der Waals surface area (Å²) in [5, 5.41) is 3.09. The number of ether oxygens (including phenoxy) is 2. The zero-order valence-corrected chi connectivity index (χ0v) is 27.5. The van der Waals surface area contributed by atoms with Gasteiger partial charge in [-0.3, -0.25) is 9.35 Å². The molecule has 3 rings (SSSR count). The minimum atomic E-state index is -4.01. The van der Waals surface area contributed by atoms with E-state index in [1.54, 1.807) is 18.2 Å². The summed E-state index contributed by atoms with van der Waals surface area (Å²) in [4.78, 5) is 13.8. The third-order valence-corrected chi connectivity index (χ3v) is 8.74. The molecule has 0 radical (unpaired) electrons. The molecule has 0 saturated heterocycles. The van der Waals surface area contributed by atoms with Crippen molar-refractivity contribution in [3.8, 4) is 5.75 Å². The molecule has 1 saturated carbocycles. The molecular weight excluding hydrogens is 574 g/mol. The molecule has 2 aromatic rings. The summed E-state index contributed by atoms with van der Waals surface area (Å²) in [6.45, 7) is 13.3. The minimum Gasteiger partial charge on any atom is -0.494 e. The van der Waals surface area contributed by atoms with Crippen molar-refractivity contribution in [3.63, 3.8) is 0 Å². The van der Waals surface area contributed by atoms with Crippen LogP contribution in [0.25, 0.3) is 0 Å². The first-order valence-electron chi connectivity index (χ1n) is 15.6. The van der Waals surface area contributed by atoms with E-state index in [1.807, 2.05) is 43.3 Å². The van der Waals surface area contributed by atoms with E-state index in [2.05, 4.69) is 44.8 Å². The van der Waals surface area contributed by atoms with Crippen LogP contribution in [0.1, 0.15) is 88.8 Å². The summed E-state index contributed by atoms with van der Waals surface area (Å²) in [5.41, 5.74) is 3.73. The number of benzene rings is 2. The van der Waals surface area contributed by atoms with Gasteiger partial charge >= 0.3 is 0 Å². The summed E-state index contributed by atoms with van der Waals surface area (Å²) >= 11 is 0. The number of allylic oxidation sites excluding steroid dienone is 3. The van der Waals surface area contributed by atoms with Crippen molar-refractivity contribution in [1.29, 1.82) is 0 Å². The van der Waals surface area contributed by atoms with E-state index in [4.69, 9.17) is 14.0 Å². The highest BCUT2D eigenvalue weighted by molar-refractivity contribution is 7.85. The van der Waals surface area contributed by atoms with Gasteiger partial charge in [0.05, 0.1) is 24.9 Å². The molecular formula is C36H49NO6S. The maximum absolute atomic E-state index is 13.8. The number of rotatable bonds is 15. The van der Waals surface area contributed by atoms with Crippen LogP contribution >= 0.6 is 0 Å². The van der Waals surface area contributed by atoms with Crippen molar-refractivity contribution in [3.05, 3.63) is 101 Å². The van der Waals surface area contributed by atoms with Crippen molar-refractivity contribution in [2.75, 3.05) is 19.0 Å². The fraction of sp³-hybridized carbons (Fsp3) is 0.472. The molecule has 0 heterocycles. The Hall–Kier alpha value is -3.36. The number of hydrogen-bond acceptors (Lipinski definition) is 5. The Labute approximate surface area is 264 Å². The molecule has 240 valence electrons. The second kappa shape index (κ2) is 16.6. The third-order valence-electron chi connectivity index (χ3n) is 7.93. The summed E-state index contributed by atoms with van der Waals surface area (Å²) < 4.78 is 42.2. The van der Waals surface area contributed by atoms with Gasteiger partial charge in [-0.15, -0.1) is 0 Å². The molecule has 44 heavy (non-hydrogen) atoms. The molecule has 1 atom stereocenters. The first-order valence-corrected chi connectivity index (χ1v) is 17.2. The van der Waals surface area contributed by atoms with Gasteiger partial charge < -0.3 is 14.8 Å². The van der Waals surface area contributed by atoms with Crippen molar-refractivity contribution in [2.45, 2.75) is 84.0 Å². The molecule has 0 spiro atoms. The lowest BCUT2D eigenvalue weighted by atomic mass is 9.84. The van der Waals surface area contributed by atoms with Crippen LogP contribution in [0.5, 0.6) is 5.75 Å². The van der Waals surface area contributed by atoms with Crippen LogP contribution in [0.3, 0.4) is 0 Å².